The van der Waals surface area contributed by atoms with Gasteiger partial charge in [-0.15, -0.1) is 0 Å². The number of rotatable bonds is 9. The van der Waals surface area contributed by atoms with E-state index in [-0.39, 0.29) is 5.97 Å². The van der Waals surface area contributed by atoms with Crippen LogP contribution in [0.4, 0.5) is 0 Å². The first kappa shape index (κ1) is 17.7. The van der Waals surface area contributed by atoms with E-state index in [2.05, 4.69) is 20.8 Å². The molecule has 21 heavy (non-hydrogen) atoms. The normalized spacial score (nSPS) is 11.4. The predicted molar refractivity (Wildman–Crippen MR) is 84.2 cm³/mol. The summed E-state index contributed by atoms with van der Waals surface area (Å²) in [5, 5.41) is 0. The van der Waals surface area contributed by atoms with Gasteiger partial charge >= 0.3 is 5.97 Å². The minimum Gasteiger partial charge on any atom is -0.456 e. The number of hydrogen-bond donors (Lipinski definition) is 0. The number of hydrogen-bond acceptors (Lipinski definition) is 3. The molecular weight excluding hydrogens is 266 g/mol. The van der Waals surface area contributed by atoms with Crippen molar-refractivity contribution in [2.45, 2.75) is 27.4 Å². The number of benzene rings is 1. The van der Waals surface area contributed by atoms with Crippen LogP contribution in [-0.2, 0) is 16.1 Å². The molecule has 0 aliphatic rings. The summed E-state index contributed by atoms with van der Waals surface area (Å²) in [7, 11) is 1.65. The van der Waals surface area contributed by atoms with Crippen LogP contribution < -0.4 is 0 Å². The van der Waals surface area contributed by atoms with Gasteiger partial charge in [0.1, 0.15) is 13.2 Å². The Kier molecular flexibility index (Phi) is 7.40. The van der Waals surface area contributed by atoms with E-state index in [0.29, 0.717) is 18.8 Å². The number of quaternary nitrogens is 1. The topological polar surface area (TPSA) is 35.5 Å². The average molecular weight is 294 g/mol. The Labute approximate surface area is 128 Å². The maximum Gasteiger partial charge on any atom is 0.338 e. The van der Waals surface area contributed by atoms with Crippen LogP contribution in [-0.4, -0.2) is 50.3 Å². The molecule has 0 saturated carbocycles. The van der Waals surface area contributed by atoms with Crippen molar-refractivity contribution in [1.82, 2.24) is 0 Å². The highest BCUT2D eigenvalue weighted by atomic mass is 16.5. The Bertz CT molecular complexity index is 416. The van der Waals surface area contributed by atoms with Gasteiger partial charge < -0.3 is 14.0 Å². The van der Waals surface area contributed by atoms with Gasteiger partial charge in [0, 0.05) is 7.11 Å². The van der Waals surface area contributed by atoms with Gasteiger partial charge in [0.05, 0.1) is 31.8 Å². The van der Waals surface area contributed by atoms with E-state index in [4.69, 9.17) is 9.47 Å². The van der Waals surface area contributed by atoms with E-state index in [1.165, 1.54) is 0 Å². The molecule has 4 nitrogen and oxygen atoms in total. The van der Waals surface area contributed by atoms with Crippen LogP contribution in [0.2, 0.25) is 0 Å². The zero-order valence-electron chi connectivity index (χ0n) is 13.7. The maximum atomic E-state index is 12.0. The molecule has 0 heterocycles. The standard InChI is InChI=1S/C17H28NO3/c1-5-18(6-2,7-3)12-13-21-17(19)16-10-8-15(9-11-16)14-20-4/h8-11H,5-7,12-14H2,1-4H3/q+1. The fraction of sp³-hybridized carbons (Fsp3) is 0.588. The van der Waals surface area contributed by atoms with Gasteiger partial charge in [0.2, 0.25) is 0 Å². The summed E-state index contributed by atoms with van der Waals surface area (Å²) in [6, 6.07) is 7.37. The van der Waals surface area contributed by atoms with E-state index in [1.807, 2.05) is 12.1 Å². The van der Waals surface area contributed by atoms with Crippen molar-refractivity contribution in [2.24, 2.45) is 0 Å². The Morgan fingerprint density at radius 2 is 1.62 bits per heavy atom. The minimum absolute atomic E-state index is 0.250. The zero-order valence-corrected chi connectivity index (χ0v) is 13.7. The summed E-state index contributed by atoms with van der Waals surface area (Å²) in [6.45, 7) is 11.6. The molecule has 0 aromatic heterocycles. The largest absolute Gasteiger partial charge is 0.456 e. The van der Waals surface area contributed by atoms with Crippen LogP contribution in [0, 0.1) is 0 Å². The Balaban J connectivity index is 2.50. The van der Waals surface area contributed by atoms with Gasteiger partial charge in [-0.25, -0.2) is 4.79 Å². The first-order valence-corrected chi connectivity index (χ1v) is 7.70. The smallest absolute Gasteiger partial charge is 0.338 e. The molecule has 0 atom stereocenters. The van der Waals surface area contributed by atoms with Crippen LogP contribution in [0.5, 0.6) is 0 Å². The molecule has 1 aromatic carbocycles. The van der Waals surface area contributed by atoms with Crippen molar-refractivity contribution in [3.8, 4) is 0 Å². The van der Waals surface area contributed by atoms with Crippen molar-refractivity contribution in [3.63, 3.8) is 0 Å². The van der Waals surface area contributed by atoms with E-state index >= 15 is 0 Å². The zero-order chi connectivity index (χ0) is 15.7. The van der Waals surface area contributed by atoms with Crippen molar-refractivity contribution in [3.05, 3.63) is 35.4 Å². The molecule has 4 heteroatoms. The quantitative estimate of drug-likeness (QED) is 0.519. The van der Waals surface area contributed by atoms with Crippen molar-refractivity contribution in [1.29, 1.82) is 0 Å². The summed E-state index contributed by atoms with van der Waals surface area (Å²) >= 11 is 0. The molecule has 0 bridgehead atoms. The third-order valence-electron chi connectivity index (χ3n) is 4.31. The van der Waals surface area contributed by atoms with Gasteiger partial charge in [-0.1, -0.05) is 12.1 Å². The average Bonchev–Trinajstić information content (AvgIpc) is 2.53. The molecule has 0 N–H and O–H groups in total. The molecule has 1 rings (SSSR count). The SMILES string of the molecule is CC[N+](CC)(CC)CCOC(=O)c1ccc(COC)cc1. The molecule has 0 saturated heterocycles. The second-order valence-electron chi connectivity index (χ2n) is 5.28. The first-order chi connectivity index (χ1) is 10.1. The lowest BCUT2D eigenvalue weighted by Gasteiger charge is -2.35. The van der Waals surface area contributed by atoms with Crippen LogP contribution in [0.25, 0.3) is 0 Å². The van der Waals surface area contributed by atoms with E-state index in [0.717, 1.165) is 36.2 Å². The molecule has 0 aliphatic carbocycles. The van der Waals surface area contributed by atoms with Gasteiger partial charge in [0.15, 0.2) is 0 Å². The second-order valence-corrected chi connectivity index (χ2v) is 5.28. The van der Waals surface area contributed by atoms with E-state index < -0.39 is 0 Å². The monoisotopic (exact) mass is 294 g/mol. The number of ether oxygens (including phenoxy) is 2. The number of nitrogens with zero attached hydrogens (tertiary/aromatic N) is 1. The fourth-order valence-electron chi connectivity index (χ4n) is 2.46. The number of carbonyl (C=O) groups is 1. The fourth-order valence-corrected chi connectivity index (χ4v) is 2.46. The van der Waals surface area contributed by atoms with Crippen molar-refractivity contribution >= 4 is 5.97 Å². The lowest BCUT2D eigenvalue weighted by molar-refractivity contribution is -0.923. The van der Waals surface area contributed by atoms with Crippen LogP contribution in [0.3, 0.4) is 0 Å². The minimum atomic E-state index is -0.250. The highest BCUT2D eigenvalue weighted by Crippen LogP contribution is 2.09. The van der Waals surface area contributed by atoms with Crippen LogP contribution >= 0.6 is 0 Å². The highest BCUT2D eigenvalue weighted by molar-refractivity contribution is 5.89. The van der Waals surface area contributed by atoms with Crippen molar-refractivity contribution in [2.75, 3.05) is 39.9 Å². The van der Waals surface area contributed by atoms with Gasteiger partial charge in [-0.05, 0) is 38.5 Å². The lowest BCUT2D eigenvalue weighted by Crippen LogP contribution is -2.49. The summed E-state index contributed by atoms with van der Waals surface area (Å²) in [6.07, 6.45) is 0. The molecule has 0 amide bonds. The highest BCUT2D eigenvalue weighted by Gasteiger charge is 2.21. The Hall–Kier alpha value is -1.39. The Morgan fingerprint density at radius 3 is 2.10 bits per heavy atom. The molecule has 0 aliphatic heterocycles. The molecular formula is C17H28NO3+. The van der Waals surface area contributed by atoms with Crippen molar-refractivity contribution < 1.29 is 18.8 Å². The predicted octanol–water partition coefficient (Wildman–Crippen LogP) is 2.87. The molecule has 1 aromatic rings. The number of methoxy groups -OCH3 is 1. The lowest BCUT2D eigenvalue weighted by atomic mass is 10.1. The number of likely N-dealkylation sites (N-methyl/N-ethyl adjacent to an activating group) is 1. The first-order valence-electron chi connectivity index (χ1n) is 7.70. The van der Waals surface area contributed by atoms with Gasteiger partial charge in [0.25, 0.3) is 0 Å². The third-order valence-corrected chi connectivity index (χ3v) is 4.31. The van der Waals surface area contributed by atoms with Gasteiger partial charge in [-0.3, -0.25) is 0 Å². The van der Waals surface area contributed by atoms with Crippen LogP contribution in [0.1, 0.15) is 36.7 Å². The summed E-state index contributed by atoms with van der Waals surface area (Å²) in [4.78, 5) is 12.0. The molecule has 0 unspecified atom stereocenters. The molecule has 0 spiro atoms. The third kappa shape index (κ3) is 5.14. The summed E-state index contributed by atoms with van der Waals surface area (Å²) in [5.74, 6) is -0.250. The summed E-state index contributed by atoms with van der Waals surface area (Å²) in [5.41, 5.74) is 1.64. The molecule has 118 valence electrons. The second kappa shape index (κ2) is 8.80. The Morgan fingerprint density at radius 1 is 1.05 bits per heavy atom. The molecule has 0 fully saturated rings. The number of carbonyl (C=O) groups excluding carboxylic acids is 1. The molecule has 0 radical (unpaired) electrons. The number of esters is 1. The van der Waals surface area contributed by atoms with Gasteiger partial charge in [-0.2, -0.15) is 0 Å². The van der Waals surface area contributed by atoms with E-state index in [9.17, 15) is 4.79 Å². The maximum absolute atomic E-state index is 12.0. The van der Waals surface area contributed by atoms with Crippen LogP contribution in [0.15, 0.2) is 24.3 Å². The summed E-state index contributed by atoms with van der Waals surface area (Å²) < 4.78 is 11.4. The van der Waals surface area contributed by atoms with E-state index in [1.54, 1.807) is 19.2 Å².